The van der Waals surface area contributed by atoms with Gasteiger partial charge in [0.15, 0.2) is 5.84 Å². The fourth-order valence-electron chi connectivity index (χ4n) is 2.91. The first kappa shape index (κ1) is 15.3. The molecular weight excluding hydrogens is 268 g/mol. The number of rotatable bonds is 4. The van der Waals surface area contributed by atoms with Gasteiger partial charge in [-0.15, -0.1) is 0 Å². The molecule has 0 saturated heterocycles. The van der Waals surface area contributed by atoms with Crippen LogP contribution in [0.5, 0.6) is 0 Å². The van der Waals surface area contributed by atoms with Crippen LogP contribution in [-0.2, 0) is 0 Å². The predicted octanol–water partition coefficient (Wildman–Crippen LogP) is 1.90. The molecule has 0 aliphatic heterocycles. The highest BCUT2D eigenvalue weighted by Crippen LogP contribution is 2.34. The summed E-state index contributed by atoms with van der Waals surface area (Å²) in [6, 6.07) is 3.40. The number of carbonyl (C=O) groups excluding carboxylic acids is 1. The molecule has 6 nitrogen and oxygen atoms in total. The van der Waals surface area contributed by atoms with E-state index in [1.54, 1.807) is 18.3 Å². The molecule has 1 saturated carbocycles. The van der Waals surface area contributed by atoms with Crippen LogP contribution in [0.1, 0.15) is 49.4 Å². The first-order valence-corrected chi connectivity index (χ1v) is 7.32. The number of oxime groups is 1. The SMILES string of the molecule is CCC1CCC(NC(=O)c2cccnc2)(/C(N)=N/O)CC1. The summed E-state index contributed by atoms with van der Waals surface area (Å²) >= 11 is 0. The lowest BCUT2D eigenvalue weighted by Crippen LogP contribution is -2.59. The Balaban J connectivity index is 2.17. The summed E-state index contributed by atoms with van der Waals surface area (Å²) in [5, 5.41) is 15.2. The van der Waals surface area contributed by atoms with E-state index in [1.165, 1.54) is 6.20 Å². The maximum atomic E-state index is 12.3. The van der Waals surface area contributed by atoms with Gasteiger partial charge < -0.3 is 16.3 Å². The quantitative estimate of drug-likeness (QED) is 0.341. The third-order valence-electron chi connectivity index (χ3n) is 4.41. The van der Waals surface area contributed by atoms with Gasteiger partial charge in [-0.2, -0.15) is 0 Å². The molecule has 21 heavy (non-hydrogen) atoms. The van der Waals surface area contributed by atoms with Crippen LogP contribution < -0.4 is 11.1 Å². The molecule has 0 unspecified atom stereocenters. The number of carbonyl (C=O) groups is 1. The second-order valence-corrected chi connectivity index (χ2v) is 5.61. The van der Waals surface area contributed by atoms with Gasteiger partial charge >= 0.3 is 0 Å². The normalized spacial score (nSPS) is 26.3. The van der Waals surface area contributed by atoms with Crippen molar-refractivity contribution in [1.82, 2.24) is 10.3 Å². The number of nitrogens with two attached hydrogens (primary N) is 1. The molecule has 1 aliphatic rings. The lowest BCUT2D eigenvalue weighted by atomic mass is 9.74. The number of amidine groups is 1. The Hall–Kier alpha value is -2.11. The molecule has 1 aromatic heterocycles. The molecule has 2 rings (SSSR count). The van der Waals surface area contributed by atoms with Crippen LogP contribution in [0.4, 0.5) is 0 Å². The molecule has 0 spiro atoms. The van der Waals surface area contributed by atoms with Gasteiger partial charge in [-0.05, 0) is 43.7 Å². The zero-order chi connectivity index (χ0) is 15.3. The highest BCUT2D eigenvalue weighted by Gasteiger charge is 2.40. The first-order chi connectivity index (χ1) is 10.1. The molecule has 1 aromatic rings. The van der Waals surface area contributed by atoms with Crippen LogP contribution in [0.25, 0.3) is 0 Å². The fraction of sp³-hybridized carbons (Fsp3) is 0.533. The Morgan fingerprint density at radius 1 is 1.57 bits per heavy atom. The second-order valence-electron chi connectivity index (χ2n) is 5.61. The molecule has 0 aromatic carbocycles. The fourth-order valence-corrected chi connectivity index (χ4v) is 2.91. The minimum absolute atomic E-state index is 0.0780. The zero-order valence-corrected chi connectivity index (χ0v) is 12.2. The van der Waals surface area contributed by atoms with Crippen LogP contribution in [0.2, 0.25) is 0 Å². The molecule has 6 heteroatoms. The monoisotopic (exact) mass is 290 g/mol. The molecule has 0 bridgehead atoms. The van der Waals surface area contributed by atoms with Crippen molar-refractivity contribution in [2.45, 2.75) is 44.6 Å². The van der Waals surface area contributed by atoms with Crippen LogP contribution in [0.15, 0.2) is 29.7 Å². The van der Waals surface area contributed by atoms with Gasteiger partial charge in [0.05, 0.1) is 5.56 Å². The zero-order valence-electron chi connectivity index (χ0n) is 12.2. The largest absolute Gasteiger partial charge is 0.409 e. The van der Waals surface area contributed by atoms with Crippen LogP contribution in [0, 0.1) is 5.92 Å². The van der Waals surface area contributed by atoms with Crippen molar-refractivity contribution in [2.75, 3.05) is 0 Å². The second kappa shape index (κ2) is 6.56. The molecular formula is C15H22N4O2. The predicted molar refractivity (Wildman–Crippen MR) is 80.1 cm³/mol. The summed E-state index contributed by atoms with van der Waals surface area (Å²) in [7, 11) is 0. The Labute approximate surface area is 124 Å². The number of hydrogen-bond acceptors (Lipinski definition) is 4. The topological polar surface area (TPSA) is 101 Å². The van der Waals surface area contributed by atoms with Crippen molar-refractivity contribution in [3.8, 4) is 0 Å². The van der Waals surface area contributed by atoms with Crippen LogP contribution >= 0.6 is 0 Å². The Morgan fingerprint density at radius 3 is 2.81 bits per heavy atom. The van der Waals surface area contributed by atoms with Gasteiger partial charge in [-0.1, -0.05) is 18.5 Å². The van der Waals surface area contributed by atoms with E-state index in [1.807, 2.05) is 0 Å². The summed E-state index contributed by atoms with van der Waals surface area (Å²) < 4.78 is 0. The van der Waals surface area contributed by atoms with Gasteiger partial charge in [-0.25, -0.2) is 0 Å². The highest BCUT2D eigenvalue weighted by molar-refractivity contribution is 6.00. The van der Waals surface area contributed by atoms with Crippen molar-refractivity contribution >= 4 is 11.7 Å². The number of nitrogens with one attached hydrogen (secondary N) is 1. The van der Waals surface area contributed by atoms with Crippen molar-refractivity contribution < 1.29 is 10.0 Å². The van der Waals surface area contributed by atoms with Crippen molar-refractivity contribution in [2.24, 2.45) is 16.8 Å². The van der Waals surface area contributed by atoms with E-state index >= 15 is 0 Å². The highest BCUT2D eigenvalue weighted by atomic mass is 16.4. The summed E-state index contributed by atoms with van der Waals surface area (Å²) in [6.07, 6.45) is 7.53. The third-order valence-corrected chi connectivity index (χ3v) is 4.41. The molecule has 0 atom stereocenters. The van der Waals surface area contributed by atoms with E-state index in [-0.39, 0.29) is 11.7 Å². The summed E-state index contributed by atoms with van der Waals surface area (Å²) in [5.74, 6) is 0.471. The van der Waals surface area contributed by atoms with Gasteiger partial charge in [0.25, 0.3) is 5.91 Å². The van der Waals surface area contributed by atoms with E-state index in [2.05, 4.69) is 22.4 Å². The molecule has 114 valence electrons. The molecule has 1 amide bonds. The lowest BCUT2D eigenvalue weighted by molar-refractivity contribution is 0.0894. The lowest BCUT2D eigenvalue weighted by Gasteiger charge is -2.39. The molecule has 4 N–H and O–H groups in total. The number of hydrogen-bond donors (Lipinski definition) is 3. The number of aromatic nitrogens is 1. The standard InChI is InChI=1S/C15H22N4O2/c1-2-11-5-7-15(8-6-11,14(16)19-21)18-13(20)12-4-3-9-17-10-12/h3-4,9-11,21H,2,5-8H2,1H3,(H2,16,19)(H,18,20). The number of pyridine rings is 1. The maximum Gasteiger partial charge on any atom is 0.253 e. The average molecular weight is 290 g/mol. The van der Waals surface area contributed by atoms with Gasteiger partial charge in [0.1, 0.15) is 5.54 Å². The molecule has 0 radical (unpaired) electrons. The number of amides is 1. The molecule has 1 aliphatic carbocycles. The third kappa shape index (κ3) is 3.32. The Morgan fingerprint density at radius 2 is 2.29 bits per heavy atom. The summed E-state index contributed by atoms with van der Waals surface area (Å²) in [5.41, 5.74) is 5.58. The first-order valence-electron chi connectivity index (χ1n) is 7.32. The van der Waals surface area contributed by atoms with E-state index < -0.39 is 5.54 Å². The molecule has 1 heterocycles. The van der Waals surface area contributed by atoms with Gasteiger partial charge in [0.2, 0.25) is 0 Å². The van der Waals surface area contributed by atoms with Crippen molar-refractivity contribution in [3.05, 3.63) is 30.1 Å². The Kier molecular flexibility index (Phi) is 4.77. The van der Waals surface area contributed by atoms with Gasteiger partial charge in [-0.3, -0.25) is 9.78 Å². The average Bonchev–Trinajstić information content (AvgIpc) is 2.55. The van der Waals surface area contributed by atoms with Crippen molar-refractivity contribution in [1.29, 1.82) is 0 Å². The summed E-state index contributed by atoms with van der Waals surface area (Å²) in [4.78, 5) is 16.3. The van der Waals surface area contributed by atoms with E-state index in [4.69, 9.17) is 10.9 Å². The van der Waals surface area contributed by atoms with Crippen LogP contribution in [-0.4, -0.2) is 27.5 Å². The van der Waals surface area contributed by atoms with Crippen LogP contribution in [0.3, 0.4) is 0 Å². The maximum absolute atomic E-state index is 12.3. The van der Waals surface area contributed by atoms with E-state index in [0.717, 1.165) is 19.3 Å². The van der Waals surface area contributed by atoms with Gasteiger partial charge in [0, 0.05) is 12.4 Å². The minimum Gasteiger partial charge on any atom is -0.409 e. The van der Waals surface area contributed by atoms with E-state index in [0.29, 0.717) is 24.3 Å². The van der Waals surface area contributed by atoms with E-state index in [9.17, 15) is 4.79 Å². The number of nitrogens with zero attached hydrogens (tertiary/aromatic N) is 2. The summed E-state index contributed by atoms with van der Waals surface area (Å²) in [6.45, 7) is 2.16. The smallest absolute Gasteiger partial charge is 0.253 e. The minimum atomic E-state index is -0.757. The Bertz CT molecular complexity index is 508. The molecule has 1 fully saturated rings. The van der Waals surface area contributed by atoms with Crippen molar-refractivity contribution in [3.63, 3.8) is 0 Å².